The van der Waals surface area contributed by atoms with Gasteiger partial charge in [0, 0.05) is 5.56 Å². The zero-order chi connectivity index (χ0) is 17.2. The molecule has 2 N–H and O–H groups in total. The highest BCUT2D eigenvalue weighted by molar-refractivity contribution is 7.13. The number of hydrogen-bond donors (Lipinski definition) is 1. The van der Waals surface area contributed by atoms with Gasteiger partial charge in [-0.15, -0.1) is 11.3 Å². The van der Waals surface area contributed by atoms with Crippen LogP contribution < -0.4 is 10.5 Å². The molecule has 0 radical (unpaired) electrons. The normalized spacial score (nSPS) is 10.7. The first-order valence-corrected chi connectivity index (χ1v) is 8.47. The number of ether oxygens (including phenoxy) is 1. The highest BCUT2D eigenvalue weighted by atomic mass is 32.1. The van der Waals surface area contributed by atoms with E-state index in [1.165, 1.54) is 0 Å². The van der Waals surface area contributed by atoms with E-state index < -0.39 is 5.91 Å². The molecule has 4 rings (SSSR count). The monoisotopic (exact) mass is 347 g/mol. The maximum Gasteiger partial charge on any atom is 0.248 e. The molecule has 5 nitrogen and oxygen atoms in total. The zero-order valence-electron chi connectivity index (χ0n) is 13.0. The summed E-state index contributed by atoms with van der Waals surface area (Å²) >= 11 is 1.57. The summed E-state index contributed by atoms with van der Waals surface area (Å²) in [6, 6.07) is 18.3. The summed E-state index contributed by atoms with van der Waals surface area (Å²) in [5.74, 6) is 1.20. The Morgan fingerprint density at radius 3 is 2.48 bits per heavy atom. The number of thiophene rings is 1. The van der Waals surface area contributed by atoms with Gasteiger partial charge in [-0.3, -0.25) is 4.79 Å². The fraction of sp³-hybridized carbons (Fsp3) is 0. The van der Waals surface area contributed by atoms with Crippen LogP contribution in [0, 0.1) is 0 Å². The average molecular weight is 347 g/mol. The Bertz CT molecular complexity index is 1040. The molecule has 0 aliphatic heterocycles. The average Bonchev–Trinajstić information content (AvgIpc) is 3.17. The molecule has 0 atom stereocenters. The molecule has 0 aliphatic carbocycles. The summed E-state index contributed by atoms with van der Waals surface area (Å²) in [5.41, 5.74) is 6.51. The number of fused-ring (bicyclic) bond motifs is 1. The van der Waals surface area contributed by atoms with Gasteiger partial charge in [0.05, 0.1) is 15.8 Å². The standard InChI is InChI=1S/C19H13N3O2S/c20-17(23)12-7-9-13(10-8-12)24-19-14-4-1-2-5-15(14)21-18(22-19)16-6-3-11-25-16/h1-11H,(H2,20,23). The molecule has 2 aromatic carbocycles. The third-order valence-corrected chi connectivity index (χ3v) is 4.53. The van der Waals surface area contributed by atoms with Crippen molar-refractivity contribution in [2.45, 2.75) is 0 Å². The van der Waals surface area contributed by atoms with Crippen molar-refractivity contribution in [1.29, 1.82) is 0 Å². The zero-order valence-corrected chi connectivity index (χ0v) is 13.9. The minimum absolute atomic E-state index is 0.430. The minimum atomic E-state index is -0.473. The van der Waals surface area contributed by atoms with Crippen molar-refractivity contribution in [2.75, 3.05) is 0 Å². The molecule has 0 spiro atoms. The second kappa shape index (κ2) is 6.33. The van der Waals surface area contributed by atoms with Gasteiger partial charge in [-0.2, -0.15) is 4.98 Å². The van der Waals surface area contributed by atoms with Gasteiger partial charge in [-0.05, 0) is 47.8 Å². The van der Waals surface area contributed by atoms with Crippen LogP contribution in [-0.4, -0.2) is 15.9 Å². The number of carbonyl (C=O) groups is 1. The van der Waals surface area contributed by atoms with E-state index in [1.54, 1.807) is 35.6 Å². The number of amides is 1. The van der Waals surface area contributed by atoms with Crippen molar-refractivity contribution in [3.8, 4) is 22.3 Å². The number of benzene rings is 2. The first-order chi connectivity index (χ1) is 12.2. The van der Waals surface area contributed by atoms with E-state index in [9.17, 15) is 4.79 Å². The summed E-state index contributed by atoms with van der Waals surface area (Å²) in [5, 5.41) is 2.80. The fourth-order valence-electron chi connectivity index (χ4n) is 2.44. The van der Waals surface area contributed by atoms with Gasteiger partial charge in [0.1, 0.15) is 5.75 Å². The van der Waals surface area contributed by atoms with Gasteiger partial charge in [0.15, 0.2) is 5.82 Å². The van der Waals surface area contributed by atoms with Gasteiger partial charge in [0.2, 0.25) is 11.8 Å². The van der Waals surface area contributed by atoms with Gasteiger partial charge in [0.25, 0.3) is 0 Å². The van der Waals surface area contributed by atoms with Crippen LogP contribution in [-0.2, 0) is 0 Å². The fourth-order valence-corrected chi connectivity index (χ4v) is 3.10. The topological polar surface area (TPSA) is 78.1 Å². The first kappa shape index (κ1) is 15.3. The predicted molar refractivity (Wildman–Crippen MR) is 97.9 cm³/mol. The molecular weight excluding hydrogens is 334 g/mol. The Balaban J connectivity index is 1.78. The minimum Gasteiger partial charge on any atom is -0.438 e. The highest BCUT2D eigenvalue weighted by Crippen LogP contribution is 2.31. The quantitative estimate of drug-likeness (QED) is 0.598. The molecule has 25 heavy (non-hydrogen) atoms. The Morgan fingerprint density at radius 1 is 0.960 bits per heavy atom. The smallest absolute Gasteiger partial charge is 0.248 e. The Hall–Kier alpha value is -3.25. The van der Waals surface area contributed by atoms with E-state index in [1.807, 2.05) is 41.8 Å². The third-order valence-electron chi connectivity index (χ3n) is 3.66. The lowest BCUT2D eigenvalue weighted by molar-refractivity contribution is 0.100. The predicted octanol–water partition coefficient (Wildman–Crippen LogP) is 4.25. The molecule has 0 unspecified atom stereocenters. The number of nitrogens with two attached hydrogens (primary N) is 1. The van der Waals surface area contributed by atoms with Crippen LogP contribution in [0.15, 0.2) is 66.0 Å². The summed E-state index contributed by atoms with van der Waals surface area (Å²) in [6.45, 7) is 0. The summed E-state index contributed by atoms with van der Waals surface area (Å²) in [6.07, 6.45) is 0. The summed E-state index contributed by atoms with van der Waals surface area (Å²) in [7, 11) is 0. The van der Waals surface area contributed by atoms with Crippen LogP contribution in [0.5, 0.6) is 11.6 Å². The Morgan fingerprint density at radius 2 is 1.76 bits per heavy atom. The Labute approximate surface area is 147 Å². The molecule has 0 bridgehead atoms. The SMILES string of the molecule is NC(=O)c1ccc(Oc2nc(-c3cccs3)nc3ccccc23)cc1. The van der Waals surface area contributed by atoms with Crippen molar-refractivity contribution < 1.29 is 9.53 Å². The van der Waals surface area contributed by atoms with E-state index in [2.05, 4.69) is 9.97 Å². The van der Waals surface area contributed by atoms with Crippen molar-refractivity contribution in [2.24, 2.45) is 5.73 Å². The molecule has 4 aromatic rings. The molecule has 0 aliphatic rings. The van der Waals surface area contributed by atoms with Crippen LogP contribution in [0.2, 0.25) is 0 Å². The van der Waals surface area contributed by atoms with Crippen LogP contribution >= 0.6 is 11.3 Å². The van der Waals surface area contributed by atoms with Crippen molar-refractivity contribution in [3.05, 3.63) is 71.6 Å². The van der Waals surface area contributed by atoms with E-state index >= 15 is 0 Å². The number of primary amides is 1. The lowest BCUT2D eigenvalue weighted by Crippen LogP contribution is -2.10. The van der Waals surface area contributed by atoms with Crippen molar-refractivity contribution >= 4 is 28.1 Å². The van der Waals surface area contributed by atoms with Crippen LogP contribution in [0.3, 0.4) is 0 Å². The van der Waals surface area contributed by atoms with Gasteiger partial charge < -0.3 is 10.5 Å². The molecule has 0 fully saturated rings. The number of aromatic nitrogens is 2. The van der Waals surface area contributed by atoms with E-state index in [0.717, 1.165) is 15.8 Å². The number of rotatable bonds is 4. The number of para-hydroxylation sites is 1. The second-order valence-electron chi connectivity index (χ2n) is 5.34. The van der Waals surface area contributed by atoms with Gasteiger partial charge in [-0.1, -0.05) is 18.2 Å². The molecule has 0 saturated carbocycles. The van der Waals surface area contributed by atoms with Crippen LogP contribution in [0.4, 0.5) is 0 Å². The molecule has 2 aromatic heterocycles. The summed E-state index contributed by atoms with van der Waals surface area (Å²) in [4.78, 5) is 21.4. The van der Waals surface area contributed by atoms with E-state index in [0.29, 0.717) is 23.0 Å². The number of hydrogen-bond acceptors (Lipinski definition) is 5. The van der Waals surface area contributed by atoms with E-state index in [4.69, 9.17) is 10.5 Å². The van der Waals surface area contributed by atoms with Crippen LogP contribution in [0.25, 0.3) is 21.6 Å². The summed E-state index contributed by atoms with van der Waals surface area (Å²) < 4.78 is 5.97. The lowest BCUT2D eigenvalue weighted by atomic mass is 10.2. The third kappa shape index (κ3) is 3.07. The van der Waals surface area contributed by atoms with Crippen molar-refractivity contribution in [3.63, 3.8) is 0 Å². The lowest BCUT2D eigenvalue weighted by Gasteiger charge is -2.09. The van der Waals surface area contributed by atoms with Gasteiger partial charge >= 0.3 is 0 Å². The van der Waals surface area contributed by atoms with Gasteiger partial charge in [-0.25, -0.2) is 4.98 Å². The molecule has 122 valence electrons. The molecule has 6 heteroatoms. The largest absolute Gasteiger partial charge is 0.438 e. The van der Waals surface area contributed by atoms with Crippen LogP contribution in [0.1, 0.15) is 10.4 Å². The van der Waals surface area contributed by atoms with E-state index in [-0.39, 0.29) is 0 Å². The van der Waals surface area contributed by atoms with Crippen molar-refractivity contribution in [1.82, 2.24) is 9.97 Å². The Kier molecular flexibility index (Phi) is 3.87. The molecular formula is C19H13N3O2S. The molecule has 2 heterocycles. The maximum atomic E-state index is 11.2. The number of nitrogens with zero attached hydrogens (tertiary/aromatic N) is 2. The maximum absolute atomic E-state index is 11.2. The second-order valence-corrected chi connectivity index (χ2v) is 6.29. The highest BCUT2D eigenvalue weighted by Gasteiger charge is 2.12. The number of carbonyl (C=O) groups excluding carboxylic acids is 1. The first-order valence-electron chi connectivity index (χ1n) is 7.59. The molecule has 1 amide bonds. The molecule has 0 saturated heterocycles.